The van der Waals surface area contributed by atoms with Crippen LogP contribution >= 0.6 is 0 Å². The van der Waals surface area contributed by atoms with Crippen molar-refractivity contribution in [1.29, 1.82) is 0 Å². The van der Waals surface area contributed by atoms with Crippen LogP contribution in [0.3, 0.4) is 0 Å². The van der Waals surface area contributed by atoms with E-state index < -0.39 is 0 Å². The van der Waals surface area contributed by atoms with Crippen LogP contribution in [0.1, 0.15) is 0 Å². The van der Waals surface area contributed by atoms with E-state index in [1.54, 1.807) is 0 Å². The van der Waals surface area contributed by atoms with Crippen molar-refractivity contribution < 1.29 is 0 Å². The highest BCUT2D eigenvalue weighted by atomic mass is 15.5. The van der Waals surface area contributed by atoms with E-state index in [0.29, 0.717) is 0 Å². The number of fused-ring (bicyclic) bond motifs is 2. The molecule has 0 aliphatic rings. The van der Waals surface area contributed by atoms with Crippen LogP contribution < -0.4 is 0 Å². The summed E-state index contributed by atoms with van der Waals surface area (Å²) in [5.74, 6) is 1.64. The van der Waals surface area contributed by atoms with Gasteiger partial charge in [-0.15, -0.1) is 0 Å². The summed E-state index contributed by atoms with van der Waals surface area (Å²) >= 11 is 0. The molecule has 0 spiro atoms. The summed E-state index contributed by atoms with van der Waals surface area (Å²) in [7, 11) is 0. The second-order valence-corrected chi connectivity index (χ2v) is 13.4. The van der Waals surface area contributed by atoms with Crippen molar-refractivity contribution in [3.63, 3.8) is 0 Å². The zero-order valence-electron chi connectivity index (χ0n) is 29.4. The molecule has 8 aromatic carbocycles. The van der Waals surface area contributed by atoms with E-state index >= 15 is 0 Å². The average Bonchev–Trinajstić information content (AvgIpc) is 3.84. The molecule has 0 atom stereocenters. The van der Waals surface area contributed by atoms with Gasteiger partial charge in [0.15, 0.2) is 11.6 Å². The Balaban J connectivity index is 1.45. The maximum Gasteiger partial charge on any atom is 0.161 e. The molecule has 0 unspecified atom stereocenters. The van der Waals surface area contributed by atoms with E-state index in [0.717, 1.165) is 89.4 Å². The SMILES string of the molecule is c1ccc(-c2nc(-c3cccc4ccccc34)n(-n3c(-c4cccc5ccccc45)nc(-c4ccccc4)c3-c3ccccc3)c2-c2ccccc2)cc1. The van der Waals surface area contributed by atoms with Gasteiger partial charge < -0.3 is 0 Å². The molecule has 0 aliphatic carbocycles. The van der Waals surface area contributed by atoms with Gasteiger partial charge in [0.2, 0.25) is 0 Å². The third-order valence-electron chi connectivity index (χ3n) is 10.2. The van der Waals surface area contributed by atoms with E-state index in [4.69, 9.17) is 9.97 Å². The van der Waals surface area contributed by atoms with Crippen LogP contribution in [-0.2, 0) is 0 Å². The number of imidazole rings is 2. The van der Waals surface area contributed by atoms with Crippen molar-refractivity contribution in [3.05, 3.63) is 206 Å². The van der Waals surface area contributed by atoms with Gasteiger partial charge in [0.25, 0.3) is 0 Å². The molecule has 0 aliphatic heterocycles. The molecule has 0 amide bonds. The number of hydrogen-bond donors (Lipinski definition) is 0. The summed E-state index contributed by atoms with van der Waals surface area (Å²) < 4.78 is 4.66. The molecule has 0 saturated carbocycles. The summed E-state index contributed by atoms with van der Waals surface area (Å²) in [6.45, 7) is 0. The second-order valence-electron chi connectivity index (χ2n) is 13.4. The summed E-state index contributed by atoms with van der Waals surface area (Å²) in [6, 6.07) is 72.5. The molecule has 54 heavy (non-hydrogen) atoms. The lowest BCUT2D eigenvalue weighted by Crippen LogP contribution is -2.16. The average molecular weight is 691 g/mol. The molecule has 4 nitrogen and oxygen atoms in total. The van der Waals surface area contributed by atoms with Crippen molar-refractivity contribution in [3.8, 4) is 67.8 Å². The van der Waals surface area contributed by atoms with Gasteiger partial charge in [0.1, 0.15) is 0 Å². The fourth-order valence-electron chi connectivity index (χ4n) is 7.71. The summed E-state index contributed by atoms with van der Waals surface area (Å²) in [4.78, 5) is 11.4. The minimum atomic E-state index is 0.820. The van der Waals surface area contributed by atoms with Crippen LogP contribution in [0.2, 0.25) is 0 Å². The number of aromatic nitrogens is 4. The van der Waals surface area contributed by atoms with Crippen LogP contribution in [0.25, 0.3) is 89.4 Å². The maximum atomic E-state index is 5.68. The minimum absolute atomic E-state index is 0.820. The van der Waals surface area contributed by atoms with Crippen molar-refractivity contribution in [2.45, 2.75) is 0 Å². The van der Waals surface area contributed by atoms with E-state index in [1.807, 2.05) is 0 Å². The van der Waals surface area contributed by atoms with Gasteiger partial charge in [-0.25, -0.2) is 19.3 Å². The van der Waals surface area contributed by atoms with E-state index in [9.17, 15) is 0 Å². The first-order valence-electron chi connectivity index (χ1n) is 18.3. The van der Waals surface area contributed by atoms with Gasteiger partial charge in [0.05, 0.1) is 22.8 Å². The third-order valence-corrected chi connectivity index (χ3v) is 10.2. The highest BCUT2D eigenvalue weighted by molar-refractivity contribution is 5.99. The van der Waals surface area contributed by atoms with Gasteiger partial charge in [-0.1, -0.05) is 206 Å². The standard InChI is InChI=1S/C50H34N4/c1-5-21-37(22-6-1)45-47(39-25-9-3-10-26-39)53(49(51-45)43-33-17-29-35-19-13-15-31-41(35)43)54-48(40-27-11-4-12-28-40)46(38-23-7-2-8-24-38)52-50(54)44-34-18-30-36-20-14-16-32-42(36)44/h1-34H. The van der Waals surface area contributed by atoms with Gasteiger partial charge in [0, 0.05) is 33.4 Å². The minimum Gasteiger partial charge on any atom is -0.226 e. The smallest absolute Gasteiger partial charge is 0.161 e. The quantitative estimate of drug-likeness (QED) is 0.167. The molecule has 2 heterocycles. The molecule has 10 rings (SSSR count). The highest BCUT2D eigenvalue weighted by Gasteiger charge is 2.30. The lowest BCUT2D eigenvalue weighted by atomic mass is 10.0. The number of rotatable bonds is 7. The van der Waals surface area contributed by atoms with Crippen LogP contribution in [0.5, 0.6) is 0 Å². The lowest BCUT2D eigenvalue weighted by molar-refractivity contribution is 0.688. The molecule has 0 saturated heterocycles. The molecule has 2 aromatic heterocycles. The Labute approximate surface area is 313 Å². The summed E-state index contributed by atoms with van der Waals surface area (Å²) in [5, 5.41) is 4.56. The Kier molecular flexibility index (Phi) is 7.77. The molecule has 254 valence electrons. The zero-order chi connectivity index (χ0) is 35.8. The fourth-order valence-corrected chi connectivity index (χ4v) is 7.71. The van der Waals surface area contributed by atoms with Gasteiger partial charge in [-0.05, 0) is 21.5 Å². The van der Waals surface area contributed by atoms with Gasteiger partial charge in [-0.2, -0.15) is 0 Å². The third kappa shape index (κ3) is 5.32. The maximum absolute atomic E-state index is 5.68. The van der Waals surface area contributed by atoms with Crippen molar-refractivity contribution in [1.82, 2.24) is 19.3 Å². The summed E-state index contributed by atoms with van der Waals surface area (Å²) in [6.07, 6.45) is 0. The van der Waals surface area contributed by atoms with E-state index in [2.05, 4.69) is 216 Å². The Morgan fingerprint density at radius 1 is 0.278 bits per heavy atom. The van der Waals surface area contributed by atoms with Gasteiger partial charge >= 0.3 is 0 Å². The zero-order valence-corrected chi connectivity index (χ0v) is 29.4. The van der Waals surface area contributed by atoms with Gasteiger partial charge in [-0.3, -0.25) is 0 Å². The molecular formula is C50H34N4. The largest absolute Gasteiger partial charge is 0.226 e. The van der Waals surface area contributed by atoms with Crippen molar-refractivity contribution >= 4 is 21.5 Å². The number of nitrogens with zero attached hydrogens (tertiary/aromatic N) is 4. The highest BCUT2D eigenvalue weighted by Crippen LogP contribution is 2.44. The molecular weight excluding hydrogens is 657 g/mol. The Morgan fingerprint density at radius 3 is 0.981 bits per heavy atom. The van der Waals surface area contributed by atoms with E-state index in [-0.39, 0.29) is 0 Å². The summed E-state index contributed by atoms with van der Waals surface area (Å²) in [5.41, 5.74) is 9.96. The molecule has 10 aromatic rings. The first kappa shape index (κ1) is 31.4. The Hall–Kier alpha value is -7.30. The predicted molar refractivity (Wildman–Crippen MR) is 223 cm³/mol. The molecule has 0 bridgehead atoms. The normalized spacial score (nSPS) is 11.3. The number of benzene rings is 8. The lowest BCUT2D eigenvalue weighted by Gasteiger charge is -2.21. The van der Waals surface area contributed by atoms with Crippen molar-refractivity contribution in [2.75, 3.05) is 0 Å². The first-order chi connectivity index (χ1) is 26.8. The molecule has 4 heteroatoms. The number of hydrogen-bond acceptors (Lipinski definition) is 2. The Bertz CT molecular complexity index is 2700. The van der Waals surface area contributed by atoms with Crippen LogP contribution in [0.15, 0.2) is 206 Å². The molecule has 0 N–H and O–H groups in total. The molecule has 0 fully saturated rings. The molecule has 0 radical (unpaired) electrons. The second kappa shape index (κ2) is 13.4. The fraction of sp³-hybridized carbons (Fsp3) is 0. The van der Waals surface area contributed by atoms with Crippen molar-refractivity contribution in [2.24, 2.45) is 0 Å². The van der Waals surface area contributed by atoms with Crippen LogP contribution in [0.4, 0.5) is 0 Å². The van der Waals surface area contributed by atoms with E-state index in [1.165, 1.54) is 0 Å². The topological polar surface area (TPSA) is 35.6 Å². The Morgan fingerprint density at radius 2 is 0.593 bits per heavy atom. The van der Waals surface area contributed by atoms with Crippen LogP contribution in [-0.4, -0.2) is 19.3 Å². The van der Waals surface area contributed by atoms with Crippen LogP contribution in [0, 0.1) is 0 Å². The predicted octanol–water partition coefficient (Wildman–Crippen LogP) is 12.7. The monoisotopic (exact) mass is 690 g/mol. The first-order valence-corrected chi connectivity index (χ1v) is 18.3.